The van der Waals surface area contributed by atoms with Crippen LogP contribution in [0.2, 0.25) is 0 Å². The van der Waals surface area contributed by atoms with Gasteiger partial charge in [0.05, 0.1) is 6.26 Å². The number of halogens is 1. The van der Waals surface area contributed by atoms with E-state index in [9.17, 15) is 0 Å². The molecule has 0 spiro atoms. The summed E-state index contributed by atoms with van der Waals surface area (Å²) in [6.07, 6.45) is 7.01. The van der Waals surface area contributed by atoms with E-state index in [1.54, 1.807) is 6.26 Å². The summed E-state index contributed by atoms with van der Waals surface area (Å²) >= 11 is 0. The van der Waals surface area contributed by atoms with Crippen molar-refractivity contribution in [1.82, 2.24) is 10.2 Å². The molecule has 1 fully saturated rings. The lowest BCUT2D eigenvalue weighted by atomic mass is 9.97. The summed E-state index contributed by atoms with van der Waals surface area (Å²) in [5.74, 6) is 3.56. The summed E-state index contributed by atoms with van der Waals surface area (Å²) in [5, 5.41) is 3.39. The third-order valence-corrected chi connectivity index (χ3v) is 3.99. The van der Waals surface area contributed by atoms with Crippen LogP contribution in [-0.2, 0) is 6.42 Å². The third-order valence-electron chi connectivity index (χ3n) is 3.99. The number of furan rings is 1. The maximum atomic E-state index is 5.36. The van der Waals surface area contributed by atoms with Gasteiger partial charge in [0.15, 0.2) is 5.96 Å². The minimum atomic E-state index is 0. The highest BCUT2D eigenvalue weighted by molar-refractivity contribution is 14.0. The maximum Gasteiger partial charge on any atom is 0.194 e. The normalized spacial score (nSPS) is 18.1. The Hall–Kier alpha value is -0.980. The van der Waals surface area contributed by atoms with Gasteiger partial charge < -0.3 is 14.6 Å². The molecule has 1 aromatic heterocycles. The molecule has 0 bridgehead atoms. The van der Waals surface area contributed by atoms with Crippen LogP contribution in [0.5, 0.6) is 0 Å². The van der Waals surface area contributed by atoms with E-state index in [-0.39, 0.29) is 24.0 Å². The molecule has 0 aliphatic carbocycles. The molecule has 1 saturated heterocycles. The molecule has 0 saturated carbocycles. The molecule has 1 atom stereocenters. The Kier molecular flexibility index (Phi) is 9.36. The van der Waals surface area contributed by atoms with Crippen molar-refractivity contribution in [3.05, 3.63) is 36.8 Å². The number of aliphatic imine (C=N–C) groups is 1. The van der Waals surface area contributed by atoms with Crippen LogP contribution in [0.3, 0.4) is 0 Å². The first-order chi connectivity index (χ1) is 10.7. The molecule has 1 N–H and O–H groups in total. The van der Waals surface area contributed by atoms with Crippen molar-refractivity contribution in [2.75, 3.05) is 26.2 Å². The van der Waals surface area contributed by atoms with Gasteiger partial charge in [-0.25, -0.2) is 0 Å². The lowest BCUT2D eigenvalue weighted by molar-refractivity contribution is 0.404. The van der Waals surface area contributed by atoms with E-state index in [4.69, 9.17) is 9.41 Å². The molecule has 2 heterocycles. The molecular formula is C18H30IN3O. The second-order valence-corrected chi connectivity index (χ2v) is 6.43. The Morgan fingerprint density at radius 2 is 2.39 bits per heavy atom. The number of hydrogen-bond acceptors (Lipinski definition) is 2. The van der Waals surface area contributed by atoms with Crippen molar-refractivity contribution < 1.29 is 4.42 Å². The van der Waals surface area contributed by atoms with Gasteiger partial charge >= 0.3 is 0 Å². The summed E-state index contributed by atoms with van der Waals surface area (Å²) in [6.45, 7) is 12.1. The van der Waals surface area contributed by atoms with Gasteiger partial charge in [-0.05, 0) is 36.8 Å². The zero-order chi connectivity index (χ0) is 15.8. The summed E-state index contributed by atoms with van der Waals surface area (Å²) in [6, 6.07) is 3.92. The Labute approximate surface area is 157 Å². The van der Waals surface area contributed by atoms with Gasteiger partial charge in [0, 0.05) is 32.6 Å². The number of nitrogens with one attached hydrogen (secondary N) is 1. The molecule has 0 amide bonds. The Balaban J connectivity index is 0.00000264. The van der Waals surface area contributed by atoms with Crippen molar-refractivity contribution in [2.45, 2.75) is 33.1 Å². The molecule has 5 heteroatoms. The zero-order valence-electron chi connectivity index (χ0n) is 14.3. The van der Waals surface area contributed by atoms with Gasteiger partial charge in [-0.3, -0.25) is 4.99 Å². The van der Waals surface area contributed by atoms with Gasteiger partial charge in [0.1, 0.15) is 5.76 Å². The van der Waals surface area contributed by atoms with E-state index in [0.29, 0.717) is 0 Å². The van der Waals surface area contributed by atoms with Gasteiger partial charge in [-0.2, -0.15) is 0 Å². The number of guanidine groups is 1. The lowest BCUT2D eigenvalue weighted by Gasteiger charge is -2.22. The van der Waals surface area contributed by atoms with Crippen LogP contribution in [0.4, 0.5) is 0 Å². The zero-order valence-corrected chi connectivity index (χ0v) is 16.7. The Bertz CT molecular complexity index is 471. The maximum absolute atomic E-state index is 5.36. The Morgan fingerprint density at radius 3 is 3.04 bits per heavy atom. The summed E-state index contributed by atoms with van der Waals surface area (Å²) in [5.41, 5.74) is 0. The van der Waals surface area contributed by atoms with E-state index in [1.165, 1.54) is 12.8 Å². The predicted octanol–water partition coefficient (Wildman–Crippen LogP) is 3.94. The average molecular weight is 431 g/mol. The fraction of sp³-hybridized carbons (Fsp3) is 0.611. The van der Waals surface area contributed by atoms with Crippen molar-refractivity contribution >= 4 is 29.9 Å². The van der Waals surface area contributed by atoms with Gasteiger partial charge in [0.2, 0.25) is 0 Å². The van der Waals surface area contributed by atoms with Crippen molar-refractivity contribution in [3.63, 3.8) is 0 Å². The first-order valence-electron chi connectivity index (χ1n) is 8.35. The van der Waals surface area contributed by atoms with Gasteiger partial charge in [0.25, 0.3) is 0 Å². The first-order valence-corrected chi connectivity index (χ1v) is 8.35. The predicted molar refractivity (Wildman–Crippen MR) is 107 cm³/mol. The van der Waals surface area contributed by atoms with Crippen LogP contribution in [-0.4, -0.2) is 37.0 Å². The highest BCUT2D eigenvalue weighted by Crippen LogP contribution is 2.23. The fourth-order valence-electron chi connectivity index (χ4n) is 3.04. The molecular weight excluding hydrogens is 401 g/mol. The lowest BCUT2D eigenvalue weighted by Crippen LogP contribution is -2.40. The van der Waals surface area contributed by atoms with Crippen LogP contribution in [0.15, 0.2) is 40.5 Å². The van der Waals surface area contributed by atoms with Gasteiger partial charge in [-0.1, -0.05) is 19.9 Å². The molecule has 130 valence electrons. The summed E-state index contributed by atoms with van der Waals surface area (Å²) < 4.78 is 5.36. The summed E-state index contributed by atoms with van der Waals surface area (Å²) in [4.78, 5) is 7.14. The molecule has 1 unspecified atom stereocenters. The van der Waals surface area contributed by atoms with Crippen LogP contribution >= 0.6 is 24.0 Å². The number of rotatable bonds is 7. The second kappa shape index (κ2) is 10.7. The number of likely N-dealkylation sites (tertiary alicyclic amines) is 1. The van der Waals surface area contributed by atoms with Crippen LogP contribution in [0.1, 0.15) is 32.4 Å². The SMILES string of the molecule is C=CCNC(=NCCc1ccco1)N1CCC(CC(C)C)C1.I. The average Bonchev–Trinajstić information content (AvgIpc) is 3.13. The van der Waals surface area contributed by atoms with E-state index < -0.39 is 0 Å². The van der Waals surface area contributed by atoms with E-state index in [0.717, 1.165) is 56.2 Å². The quantitative estimate of drug-likeness (QED) is 0.308. The van der Waals surface area contributed by atoms with Crippen molar-refractivity contribution in [1.29, 1.82) is 0 Å². The fourth-order valence-corrected chi connectivity index (χ4v) is 3.04. The van der Waals surface area contributed by atoms with Crippen molar-refractivity contribution in [3.8, 4) is 0 Å². The van der Waals surface area contributed by atoms with E-state index in [2.05, 4.69) is 30.6 Å². The van der Waals surface area contributed by atoms with Crippen molar-refractivity contribution in [2.24, 2.45) is 16.8 Å². The van der Waals surface area contributed by atoms with Crippen LogP contribution in [0.25, 0.3) is 0 Å². The highest BCUT2D eigenvalue weighted by Gasteiger charge is 2.25. The molecule has 2 rings (SSSR count). The van der Waals surface area contributed by atoms with E-state index >= 15 is 0 Å². The smallest absolute Gasteiger partial charge is 0.194 e. The second-order valence-electron chi connectivity index (χ2n) is 6.43. The third kappa shape index (κ3) is 6.97. The molecule has 1 aliphatic heterocycles. The minimum Gasteiger partial charge on any atom is -0.469 e. The molecule has 23 heavy (non-hydrogen) atoms. The van der Waals surface area contributed by atoms with E-state index in [1.807, 2.05) is 18.2 Å². The highest BCUT2D eigenvalue weighted by atomic mass is 127. The van der Waals surface area contributed by atoms with Crippen LogP contribution in [0, 0.1) is 11.8 Å². The largest absolute Gasteiger partial charge is 0.469 e. The standard InChI is InChI=1S/C18H29N3O.HI/c1-4-9-19-18(20-10-7-17-6-5-12-22-17)21-11-8-16(14-21)13-15(2)3;/h4-6,12,15-16H,1,7-11,13-14H2,2-3H3,(H,19,20);1H. The van der Waals surface area contributed by atoms with Crippen LogP contribution < -0.4 is 5.32 Å². The molecule has 0 radical (unpaired) electrons. The number of hydrogen-bond donors (Lipinski definition) is 1. The van der Waals surface area contributed by atoms with Gasteiger partial charge in [-0.15, -0.1) is 30.6 Å². The minimum absolute atomic E-state index is 0. The monoisotopic (exact) mass is 431 g/mol. The Morgan fingerprint density at radius 1 is 1.57 bits per heavy atom. The topological polar surface area (TPSA) is 40.8 Å². The molecule has 1 aromatic rings. The molecule has 1 aliphatic rings. The summed E-state index contributed by atoms with van der Waals surface area (Å²) in [7, 11) is 0. The molecule has 4 nitrogen and oxygen atoms in total. The number of nitrogens with zero attached hydrogens (tertiary/aromatic N) is 2. The first kappa shape index (κ1) is 20.1. The molecule has 0 aromatic carbocycles.